The second-order valence-electron chi connectivity index (χ2n) is 3.88. The highest BCUT2D eigenvalue weighted by molar-refractivity contribution is 5.95. The summed E-state index contributed by atoms with van der Waals surface area (Å²) in [6, 6.07) is 4.66. The number of aromatic hydroxyl groups is 1. The van der Waals surface area contributed by atoms with Gasteiger partial charge in [0.05, 0.1) is 0 Å². The molecule has 0 aliphatic heterocycles. The summed E-state index contributed by atoms with van der Waals surface area (Å²) in [6.45, 7) is 4.23. The lowest BCUT2D eigenvalue weighted by Gasteiger charge is -2.11. The number of phenols is 1. The molecule has 1 aromatic rings. The Kier molecular flexibility index (Phi) is 4.31. The molecule has 0 fully saturated rings. The lowest BCUT2D eigenvalue weighted by Crippen LogP contribution is -2.36. The highest BCUT2D eigenvalue weighted by Crippen LogP contribution is 2.15. The largest absolute Gasteiger partial charge is 0.508 e. The summed E-state index contributed by atoms with van der Waals surface area (Å²) in [5, 5.41) is 12.0. The van der Waals surface area contributed by atoms with Gasteiger partial charge in [0.2, 0.25) is 0 Å². The van der Waals surface area contributed by atoms with Gasteiger partial charge in [0, 0.05) is 18.2 Å². The van der Waals surface area contributed by atoms with E-state index in [1.165, 1.54) is 6.07 Å². The average Bonchev–Trinajstić information content (AvgIpc) is 2.25. The number of carbonyl (C=O) groups is 1. The fourth-order valence-corrected chi connectivity index (χ4v) is 1.37. The van der Waals surface area contributed by atoms with E-state index in [1.807, 2.05) is 6.92 Å². The first-order valence-corrected chi connectivity index (χ1v) is 5.38. The molecule has 1 atom stereocenters. The second-order valence-corrected chi connectivity index (χ2v) is 3.88. The number of rotatable bonds is 4. The number of amides is 1. The van der Waals surface area contributed by atoms with Gasteiger partial charge < -0.3 is 16.2 Å². The number of benzene rings is 1. The number of nitrogens with two attached hydrogens (primary N) is 1. The summed E-state index contributed by atoms with van der Waals surface area (Å²) >= 11 is 0. The molecule has 0 aliphatic carbocycles. The van der Waals surface area contributed by atoms with E-state index in [1.54, 1.807) is 19.1 Å². The lowest BCUT2D eigenvalue weighted by atomic mass is 10.1. The second kappa shape index (κ2) is 5.51. The summed E-state index contributed by atoms with van der Waals surface area (Å²) in [5.74, 6) is 0.0145. The molecule has 4 heteroatoms. The monoisotopic (exact) mass is 222 g/mol. The predicted octanol–water partition coefficient (Wildman–Crippen LogP) is 1.17. The van der Waals surface area contributed by atoms with E-state index in [4.69, 9.17) is 5.73 Å². The standard InChI is InChI=1S/C12H18N2O2/c1-3-9(13)7-14-12(16)11-5-4-10(15)6-8(11)2/h4-6,9,15H,3,7,13H2,1-2H3,(H,14,16). The SMILES string of the molecule is CCC(N)CNC(=O)c1ccc(O)cc1C. The third-order valence-corrected chi connectivity index (χ3v) is 2.50. The minimum absolute atomic E-state index is 0.0126. The van der Waals surface area contributed by atoms with Gasteiger partial charge in [0.1, 0.15) is 5.75 Å². The zero-order chi connectivity index (χ0) is 12.1. The van der Waals surface area contributed by atoms with Gasteiger partial charge in [-0.25, -0.2) is 0 Å². The normalized spacial score (nSPS) is 12.2. The van der Waals surface area contributed by atoms with E-state index < -0.39 is 0 Å². The first-order chi connectivity index (χ1) is 7.54. The van der Waals surface area contributed by atoms with Crippen LogP contribution in [0.3, 0.4) is 0 Å². The molecule has 4 nitrogen and oxygen atoms in total. The number of aryl methyl sites for hydroxylation is 1. The summed E-state index contributed by atoms with van der Waals surface area (Å²) < 4.78 is 0. The molecule has 0 aliphatic rings. The van der Waals surface area contributed by atoms with Crippen LogP contribution in [0, 0.1) is 6.92 Å². The van der Waals surface area contributed by atoms with Crippen LogP contribution in [0.1, 0.15) is 29.3 Å². The first kappa shape index (κ1) is 12.5. The van der Waals surface area contributed by atoms with Crippen molar-refractivity contribution in [1.29, 1.82) is 0 Å². The highest BCUT2D eigenvalue weighted by Gasteiger charge is 2.09. The summed E-state index contributed by atoms with van der Waals surface area (Å²) in [5.41, 5.74) is 7.03. The number of nitrogens with one attached hydrogen (secondary N) is 1. The van der Waals surface area contributed by atoms with Gasteiger partial charge in [-0.05, 0) is 37.1 Å². The number of hydrogen-bond acceptors (Lipinski definition) is 3. The molecule has 16 heavy (non-hydrogen) atoms. The van der Waals surface area contributed by atoms with Crippen molar-refractivity contribution in [2.45, 2.75) is 26.3 Å². The number of carbonyl (C=O) groups excluding carboxylic acids is 1. The van der Waals surface area contributed by atoms with Gasteiger partial charge in [-0.15, -0.1) is 0 Å². The molecule has 1 aromatic carbocycles. The third kappa shape index (κ3) is 3.24. The fourth-order valence-electron chi connectivity index (χ4n) is 1.37. The Hall–Kier alpha value is -1.55. The topological polar surface area (TPSA) is 75.3 Å². The molecular weight excluding hydrogens is 204 g/mol. The Bertz CT molecular complexity index is 377. The van der Waals surface area contributed by atoms with Crippen LogP contribution in [0.4, 0.5) is 0 Å². The van der Waals surface area contributed by atoms with Crippen LogP contribution in [0.5, 0.6) is 5.75 Å². The average molecular weight is 222 g/mol. The molecule has 0 heterocycles. The molecule has 1 unspecified atom stereocenters. The summed E-state index contributed by atoms with van der Waals surface area (Å²) in [7, 11) is 0. The fraction of sp³-hybridized carbons (Fsp3) is 0.417. The van der Waals surface area contributed by atoms with Crippen LogP contribution < -0.4 is 11.1 Å². The Morgan fingerprint density at radius 3 is 2.81 bits per heavy atom. The quantitative estimate of drug-likeness (QED) is 0.715. The van der Waals surface area contributed by atoms with Crippen LogP contribution in [-0.2, 0) is 0 Å². The molecule has 88 valence electrons. The van der Waals surface area contributed by atoms with E-state index in [0.29, 0.717) is 12.1 Å². The molecule has 1 amide bonds. The van der Waals surface area contributed by atoms with Gasteiger partial charge in [-0.2, -0.15) is 0 Å². The van der Waals surface area contributed by atoms with E-state index >= 15 is 0 Å². The van der Waals surface area contributed by atoms with Crippen molar-refractivity contribution < 1.29 is 9.90 Å². The van der Waals surface area contributed by atoms with E-state index in [9.17, 15) is 9.90 Å². The zero-order valence-electron chi connectivity index (χ0n) is 9.66. The first-order valence-electron chi connectivity index (χ1n) is 5.38. The van der Waals surface area contributed by atoms with Crippen molar-refractivity contribution in [1.82, 2.24) is 5.32 Å². The highest BCUT2D eigenvalue weighted by atomic mass is 16.3. The Balaban J connectivity index is 2.66. The number of hydrogen-bond donors (Lipinski definition) is 3. The Labute approximate surface area is 95.5 Å². The zero-order valence-corrected chi connectivity index (χ0v) is 9.66. The minimum atomic E-state index is -0.151. The smallest absolute Gasteiger partial charge is 0.251 e. The molecule has 1 rings (SSSR count). The molecule has 0 saturated carbocycles. The molecule has 0 radical (unpaired) electrons. The molecular formula is C12H18N2O2. The summed E-state index contributed by atoms with van der Waals surface area (Å²) in [6.07, 6.45) is 0.828. The van der Waals surface area contributed by atoms with Crippen LogP contribution in [-0.4, -0.2) is 23.6 Å². The lowest BCUT2D eigenvalue weighted by molar-refractivity contribution is 0.0950. The van der Waals surface area contributed by atoms with Crippen molar-refractivity contribution >= 4 is 5.91 Å². The van der Waals surface area contributed by atoms with Crippen LogP contribution >= 0.6 is 0 Å². The van der Waals surface area contributed by atoms with E-state index in [0.717, 1.165) is 12.0 Å². The van der Waals surface area contributed by atoms with Crippen molar-refractivity contribution in [3.8, 4) is 5.75 Å². The Morgan fingerprint density at radius 1 is 1.56 bits per heavy atom. The van der Waals surface area contributed by atoms with Crippen LogP contribution in [0.15, 0.2) is 18.2 Å². The maximum Gasteiger partial charge on any atom is 0.251 e. The maximum absolute atomic E-state index is 11.7. The van der Waals surface area contributed by atoms with Gasteiger partial charge >= 0.3 is 0 Å². The number of phenolic OH excluding ortho intramolecular Hbond substituents is 1. The molecule has 0 saturated heterocycles. The minimum Gasteiger partial charge on any atom is -0.508 e. The predicted molar refractivity (Wildman–Crippen MR) is 63.4 cm³/mol. The van der Waals surface area contributed by atoms with Gasteiger partial charge in [-0.1, -0.05) is 6.92 Å². The van der Waals surface area contributed by atoms with Gasteiger partial charge in [-0.3, -0.25) is 4.79 Å². The van der Waals surface area contributed by atoms with Crippen LogP contribution in [0.25, 0.3) is 0 Å². The molecule has 0 bridgehead atoms. The Morgan fingerprint density at radius 2 is 2.25 bits per heavy atom. The van der Waals surface area contributed by atoms with Crippen molar-refractivity contribution in [3.63, 3.8) is 0 Å². The van der Waals surface area contributed by atoms with Crippen LogP contribution in [0.2, 0.25) is 0 Å². The van der Waals surface area contributed by atoms with Gasteiger partial charge in [0.25, 0.3) is 5.91 Å². The molecule has 0 spiro atoms. The van der Waals surface area contributed by atoms with Gasteiger partial charge in [0.15, 0.2) is 0 Å². The third-order valence-electron chi connectivity index (χ3n) is 2.50. The summed E-state index contributed by atoms with van der Waals surface area (Å²) in [4.78, 5) is 11.7. The van der Waals surface area contributed by atoms with E-state index in [2.05, 4.69) is 5.32 Å². The van der Waals surface area contributed by atoms with E-state index in [-0.39, 0.29) is 17.7 Å². The maximum atomic E-state index is 11.7. The molecule has 4 N–H and O–H groups in total. The van der Waals surface area contributed by atoms with Crippen molar-refractivity contribution in [2.24, 2.45) is 5.73 Å². The van der Waals surface area contributed by atoms with Crippen molar-refractivity contribution in [3.05, 3.63) is 29.3 Å². The molecule has 0 aromatic heterocycles. The van der Waals surface area contributed by atoms with Crippen molar-refractivity contribution in [2.75, 3.05) is 6.54 Å².